The van der Waals surface area contributed by atoms with E-state index < -0.39 is 0 Å². The Kier molecular flexibility index (Phi) is 5.32. The van der Waals surface area contributed by atoms with Crippen molar-refractivity contribution in [1.29, 1.82) is 0 Å². The van der Waals surface area contributed by atoms with Crippen molar-refractivity contribution in [3.8, 4) is 39.5 Å². The summed E-state index contributed by atoms with van der Waals surface area (Å²) >= 11 is 1.74. The molecule has 0 aliphatic carbocycles. The van der Waals surface area contributed by atoms with Gasteiger partial charge < -0.3 is 9.47 Å². The molecular formula is C37H24O2S. The highest BCUT2D eigenvalue weighted by Crippen LogP contribution is 2.48. The SMILES string of the molecule is COc1cc(-c2ccc3c4ccccc4c4ccccc4c3c2)ccc1-c1ccc2c(c1)Oc1ccccc1S2. The zero-order valence-corrected chi connectivity index (χ0v) is 22.7. The molecule has 3 heteroatoms. The van der Waals surface area contributed by atoms with Gasteiger partial charge >= 0.3 is 0 Å². The van der Waals surface area contributed by atoms with Gasteiger partial charge in [-0.25, -0.2) is 0 Å². The fraction of sp³-hybridized carbons (Fsp3) is 0.0270. The van der Waals surface area contributed by atoms with Crippen molar-refractivity contribution in [1.82, 2.24) is 0 Å². The Morgan fingerprint density at radius 3 is 1.80 bits per heavy atom. The molecule has 7 aromatic rings. The maximum Gasteiger partial charge on any atom is 0.142 e. The van der Waals surface area contributed by atoms with Gasteiger partial charge in [0, 0.05) is 5.56 Å². The second-order valence-electron chi connectivity index (χ2n) is 10.1. The van der Waals surface area contributed by atoms with Gasteiger partial charge in [-0.3, -0.25) is 0 Å². The van der Waals surface area contributed by atoms with E-state index in [-0.39, 0.29) is 0 Å². The Morgan fingerprint density at radius 2 is 1.05 bits per heavy atom. The first-order valence-corrected chi connectivity index (χ1v) is 14.2. The van der Waals surface area contributed by atoms with Gasteiger partial charge in [-0.15, -0.1) is 0 Å². The van der Waals surface area contributed by atoms with Gasteiger partial charge in [0.25, 0.3) is 0 Å². The molecule has 1 heterocycles. The van der Waals surface area contributed by atoms with Crippen LogP contribution in [0, 0.1) is 0 Å². The first-order valence-electron chi connectivity index (χ1n) is 13.4. The topological polar surface area (TPSA) is 18.5 Å². The van der Waals surface area contributed by atoms with E-state index in [2.05, 4.69) is 109 Å². The molecule has 0 unspecified atom stereocenters. The number of fused-ring (bicyclic) bond motifs is 8. The third kappa shape index (κ3) is 3.66. The van der Waals surface area contributed by atoms with Crippen LogP contribution in [0.1, 0.15) is 0 Å². The molecule has 0 N–H and O–H groups in total. The molecule has 0 aromatic heterocycles. The van der Waals surface area contributed by atoms with Crippen molar-refractivity contribution in [2.24, 2.45) is 0 Å². The molecule has 0 spiro atoms. The highest BCUT2D eigenvalue weighted by molar-refractivity contribution is 7.99. The van der Waals surface area contributed by atoms with Crippen molar-refractivity contribution in [3.63, 3.8) is 0 Å². The Labute approximate surface area is 236 Å². The highest BCUT2D eigenvalue weighted by atomic mass is 32.2. The number of benzene rings is 7. The van der Waals surface area contributed by atoms with Gasteiger partial charge in [-0.2, -0.15) is 0 Å². The Bertz CT molecular complexity index is 2080. The summed E-state index contributed by atoms with van der Waals surface area (Å²) in [6.45, 7) is 0. The molecule has 0 fully saturated rings. The molecule has 190 valence electrons. The van der Waals surface area contributed by atoms with Crippen molar-refractivity contribution in [3.05, 3.63) is 127 Å². The number of hydrogen-bond acceptors (Lipinski definition) is 3. The Balaban J connectivity index is 1.23. The lowest BCUT2D eigenvalue weighted by Gasteiger charge is -2.20. The van der Waals surface area contributed by atoms with E-state index in [4.69, 9.17) is 9.47 Å². The molecule has 0 radical (unpaired) electrons. The first-order chi connectivity index (χ1) is 19.8. The molecule has 0 amide bonds. The predicted molar refractivity (Wildman–Crippen MR) is 167 cm³/mol. The molecule has 7 aromatic carbocycles. The minimum absolute atomic E-state index is 0.838. The zero-order chi connectivity index (χ0) is 26.6. The molecule has 0 saturated carbocycles. The fourth-order valence-electron chi connectivity index (χ4n) is 5.89. The maximum absolute atomic E-state index is 6.25. The van der Waals surface area contributed by atoms with Crippen LogP contribution in [0.3, 0.4) is 0 Å². The Morgan fingerprint density at radius 1 is 0.475 bits per heavy atom. The quantitative estimate of drug-likeness (QED) is 0.211. The summed E-state index contributed by atoms with van der Waals surface area (Å²) in [5.41, 5.74) is 4.40. The number of rotatable bonds is 3. The number of methoxy groups -OCH3 is 1. The maximum atomic E-state index is 6.25. The third-order valence-corrected chi connectivity index (χ3v) is 8.94. The fourth-order valence-corrected chi connectivity index (χ4v) is 6.82. The summed E-state index contributed by atoms with van der Waals surface area (Å²) in [5.74, 6) is 2.61. The monoisotopic (exact) mass is 532 g/mol. The molecule has 8 rings (SSSR count). The minimum Gasteiger partial charge on any atom is -0.496 e. The van der Waals surface area contributed by atoms with Crippen LogP contribution < -0.4 is 9.47 Å². The second kappa shape index (κ2) is 9.18. The van der Waals surface area contributed by atoms with Crippen LogP contribution in [0.25, 0.3) is 54.6 Å². The third-order valence-electron chi connectivity index (χ3n) is 7.82. The van der Waals surface area contributed by atoms with Crippen LogP contribution >= 0.6 is 11.8 Å². The van der Waals surface area contributed by atoms with Crippen LogP contribution in [0.5, 0.6) is 17.2 Å². The average molecular weight is 533 g/mol. The van der Waals surface area contributed by atoms with Crippen molar-refractivity contribution in [2.45, 2.75) is 9.79 Å². The second-order valence-corrected chi connectivity index (χ2v) is 11.2. The smallest absolute Gasteiger partial charge is 0.142 e. The lowest BCUT2D eigenvalue weighted by atomic mass is 9.91. The van der Waals surface area contributed by atoms with Crippen LogP contribution in [-0.4, -0.2) is 7.11 Å². The van der Waals surface area contributed by atoms with Gasteiger partial charge in [0.2, 0.25) is 0 Å². The zero-order valence-electron chi connectivity index (χ0n) is 21.8. The summed E-state index contributed by atoms with van der Waals surface area (Å²) in [5, 5.41) is 7.67. The molecule has 1 aliphatic heterocycles. The van der Waals surface area contributed by atoms with E-state index >= 15 is 0 Å². The van der Waals surface area contributed by atoms with Crippen LogP contribution in [-0.2, 0) is 0 Å². The summed E-state index contributed by atoms with van der Waals surface area (Å²) in [6.07, 6.45) is 0. The van der Waals surface area contributed by atoms with Gasteiger partial charge in [-0.1, -0.05) is 103 Å². The van der Waals surface area contributed by atoms with Gasteiger partial charge in [-0.05, 0) is 85.4 Å². The summed E-state index contributed by atoms with van der Waals surface area (Å²) in [6, 6.07) is 45.2. The van der Waals surface area contributed by atoms with Crippen molar-refractivity contribution >= 4 is 44.1 Å². The minimum atomic E-state index is 0.838. The standard InChI is InChI=1S/C37H24O2S/c1-38-34-21-24(14-17-26(34)25-16-19-37-35(22-25)39-33-12-6-7-13-36(33)40-37)23-15-18-31-29-10-3-2-8-27(29)28-9-4-5-11-30(28)32(31)20-23/h2-22H,1H3. The van der Waals surface area contributed by atoms with Gasteiger partial charge in [0.15, 0.2) is 0 Å². The largest absolute Gasteiger partial charge is 0.496 e. The van der Waals surface area contributed by atoms with E-state index in [1.165, 1.54) is 37.9 Å². The summed E-state index contributed by atoms with van der Waals surface area (Å²) in [4.78, 5) is 2.26. The van der Waals surface area contributed by atoms with Gasteiger partial charge in [0.05, 0.1) is 16.9 Å². The highest BCUT2D eigenvalue weighted by Gasteiger charge is 2.19. The molecule has 0 saturated heterocycles. The van der Waals surface area contributed by atoms with E-state index in [1.54, 1.807) is 18.9 Å². The number of hydrogen-bond donors (Lipinski definition) is 0. The number of ether oxygens (including phenoxy) is 2. The van der Waals surface area contributed by atoms with E-state index in [0.29, 0.717) is 0 Å². The van der Waals surface area contributed by atoms with Crippen molar-refractivity contribution < 1.29 is 9.47 Å². The lowest BCUT2D eigenvalue weighted by Crippen LogP contribution is -1.96. The summed E-state index contributed by atoms with van der Waals surface area (Å²) in [7, 11) is 1.74. The average Bonchev–Trinajstić information content (AvgIpc) is 3.03. The normalized spacial score (nSPS) is 12.2. The Hall–Kier alpha value is -4.73. The van der Waals surface area contributed by atoms with Crippen molar-refractivity contribution in [2.75, 3.05) is 7.11 Å². The van der Waals surface area contributed by atoms with E-state index in [9.17, 15) is 0 Å². The molecule has 0 atom stereocenters. The lowest BCUT2D eigenvalue weighted by molar-refractivity contribution is 0.416. The molecule has 2 nitrogen and oxygen atoms in total. The predicted octanol–water partition coefficient (Wildman–Crippen LogP) is 10.7. The van der Waals surface area contributed by atoms with E-state index in [0.717, 1.165) is 43.7 Å². The molecule has 40 heavy (non-hydrogen) atoms. The summed E-state index contributed by atoms with van der Waals surface area (Å²) < 4.78 is 12.2. The van der Waals surface area contributed by atoms with Crippen LogP contribution in [0.15, 0.2) is 137 Å². The van der Waals surface area contributed by atoms with Crippen LogP contribution in [0.2, 0.25) is 0 Å². The first kappa shape index (κ1) is 23.2. The molecular weight excluding hydrogens is 508 g/mol. The van der Waals surface area contributed by atoms with Crippen LogP contribution in [0.4, 0.5) is 0 Å². The van der Waals surface area contributed by atoms with Gasteiger partial charge in [0.1, 0.15) is 17.2 Å². The number of para-hydroxylation sites is 1. The molecule has 1 aliphatic rings. The molecule has 0 bridgehead atoms. The van der Waals surface area contributed by atoms with E-state index in [1.807, 2.05) is 18.2 Å².